The minimum atomic E-state index is -0.0800. The van der Waals surface area contributed by atoms with E-state index in [-0.39, 0.29) is 47.4 Å². The van der Waals surface area contributed by atoms with Gasteiger partial charge >= 0.3 is 0 Å². The summed E-state index contributed by atoms with van der Waals surface area (Å²) < 4.78 is 5.84. The van der Waals surface area contributed by atoms with E-state index < -0.39 is 0 Å². The highest BCUT2D eigenvalue weighted by molar-refractivity contribution is 5.96. The van der Waals surface area contributed by atoms with Gasteiger partial charge < -0.3 is 79.8 Å². The van der Waals surface area contributed by atoms with Gasteiger partial charge in [-0.15, -0.1) is 20.4 Å². The summed E-state index contributed by atoms with van der Waals surface area (Å²) in [7, 11) is 7.91. The van der Waals surface area contributed by atoms with Crippen LogP contribution < -0.4 is 60.2 Å². The zero-order valence-corrected chi connectivity index (χ0v) is 65.3. The molecule has 2 unspecified atom stereocenters. The maximum Gasteiger partial charge on any atom is 0.253 e. The van der Waals surface area contributed by atoms with Crippen LogP contribution in [-0.2, 0) is 0 Å². The first kappa shape index (κ1) is 82.2. The molecule has 0 saturated carbocycles. The second-order valence-corrected chi connectivity index (χ2v) is 27.6. The van der Waals surface area contributed by atoms with Crippen LogP contribution in [-0.4, -0.2) is 215 Å². The predicted octanol–water partition coefficient (Wildman–Crippen LogP) is 8.79. The quantitative estimate of drug-likeness (QED) is 0.0195. The fourth-order valence-corrected chi connectivity index (χ4v) is 12.0. The Hall–Kier alpha value is -13.8. The van der Waals surface area contributed by atoms with Crippen LogP contribution in [0.2, 0.25) is 0 Å². The number of likely N-dealkylation sites (tertiary alicyclic amines) is 2. The highest BCUT2D eigenvalue weighted by Gasteiger charge is 2.22. The molecule has 15 N–H and O–H groups in total. The fraction of sp³-hybridized carbons (Fsp3) is 0.300. The number of nitrogens with two attached hydrogens (primary N) is 4. The van der Waals surface area contributed by atoms with Crippen molar-refractivity contribution in [2.24, 2.45) is 5.92 Å². The standard InChI is InChI=1S/2C21H26N8O.C19H24N8O.C19H23N7O/c1-28-14-4-5-17(28)11-13-24-19(30)15-7-9-16(10-8-15)25-21-26-20(22)29(27-21)18-6-2-3-12-23-18;22-20-26-21(27-29(20)18-6-1-2-11-23-18)25-17-9-7-16(8-10-17)19(30)24-12-5-15-28-13-3-4-14-28;1-25(2)12-13-26(3)17(28)14-7-9-15(10-8-14)22-19-23-18(20)27(24-19)16-6-4-5-11-21-16;1-3-13(2)12-22-17(27)14-7-9-15(10-8-14)23-19-24-18(20)26(25-19)16-6-4-5-11-21-16/h2-3,6-10,12,17H,4-5,11,13-14H2,1H3,(H,24,30)(H3,22,25,26,27);1-2,6-11H,3-5,12-15H2,(H,24,30)(H3,22,25,26,27);4-11H,12-13H2,1-3H3,(H3,20,22,23,24);4-11,13H,3,12H2,1-2H3,(H,22,27)(H3,20,23,24,25). The molecule has 10 heterocycles. The Labute approximate surface area is 666 Å². The second kappa shape index (κ2) is 40.9. The third-order valence-electron chi connectivity index (χ3n) is 18.7. The second-order valence-electron chi connectivity index (χ2n) is 27.6. The van der Waals surface area contributed by atoms with Crippen LogP contribution in [0.15, 0.2) is 195 Å². The molecule has 2 aliphatic heterocycles. The van der Waals surface area contributed by atoms with Gasteiger partial charge in [0.25, 0.3) is 23.6 Å². The van der Waals surface area contributed by atoms with E-state index in [9.17, 15) is 19.2 Å². The number of hydrogen-bond donors (Lipinski definition) is 11. The van der Waals surface area contributed by atoms with E-state index in [1.165, 1.54) is 57.5 Å². The summed E-state index contributed by atoms with van der Waals surface area (Å²) in [6, 6.07) is 51.1. The molecule has 0 aliphatic carbocycles. The predicted molar refractivity (Wildman–Crippen MR) is 446 cm³/mol. The van der Waals surface area contributed by atoms with Gasteiger partial charge in [0.15, 0.2) is 23.3 Å². The Balaban J connectivity index is 0.000000151. The van der Waals surface area contributed by atoms with Crippen molar-refractivity contribution in [3.63, 3.8) is 0 Å². The average Bonchev–Trinajstić information content (AvgIpc) is 1.72. The number of likely N-dealkylation sites (N-methyl/N-ethyl adjacent to an activating group) is 2. The third kappa shape index (κ3) is 24.1. The molecule has 2 atom stereocenters. The van der Waals surface area contributed by atoms with Gasteiger partial charge in [-0.3, -0.25) is 19.2 Å². The van der Waals surface area contributed by atoms with Gasteiger partial charge in [0.05, 0.1) is 0 Å². The van der Waals surface area contributed by atoms with Gasteiger partial charge in [0.2, 0.25) is 47.6 Å². The fourth-order valence-electron chi connectivity index (χ4n) is 12.0. The van der Waals surface area contributed by atoms with Crippen LogP contribution >= 0.6 is 0 Å². The lowest BCUT2D eigenvalue weighted by Crippen LogP contribution is -2.33. The summed E-state index contributed by atoms with van der Waals surface area (Å²) in [4.78, 5) is 91.6. The molecule has 598 valence electrons. The molecular formula is C80H99N31O4. The zero-order chi connectivity index (χ0) is 81.0. The topological polar surface area (TPSA) is 444 Å². The van der Waals surface area contributed by atoms with Crippen LogP contribution in [0.3, 0.4) is 0 Å². The van der Waals surface area contributed by atoms with Crippen LogP contribution in [0, 0.1) is 5.92 Å². The van der Waals surface area contributed by atoms with Crippen molar-refractivity contribution in [2.75, 3.05) is 131 Å². The van der Waals surface area contributed by atoms with Crippen molar-refractivity contribution in [3.8, 4) is 23.3 Å². The van der Waals surface area contributed by atoms with Gasteiger partial charge in [0.1, 0.15) is 0 Å². The number of nitrogens with one attached hydrogen (secondary N) is 7. The van der Waals surface area contributed by atoms with Crippen LogP contribution in [0.1, 0.15) is 100 Å². The number of aromatic nitrogens is 16. The number of amides is 4. The van der Waals surface area contributed by atoms with E-state index in [1.54, 1.807) is 122 Å². The first-order valence-electron chi connectivity index (χ1n) is 38.0. The lowest BCUT2D eigenvalue weighted by Gasteiger charge is -2.19. The van der Waals surface area contributed by atoms with E-state index in [4.69, 9.17) is 22.9 Å². The number of benzene rings is 4. The Bertz CT molecular complexity index is 5020. The van der Waals surface area contributed by atoms with Gasteiger partial charge in [-0.05, 0) is 237 Å². The van der Waals surface area contributed by atoms with Gasteiger partial charge in [-0.1, -0.05) is 44.5 Å². The summed E-state index contributed by atoms with van der Waals surface area (Å²) in [5.74, 6) is 4.94. The van der Waals surface area contributed by atoms with E-state index in [0.29, 0.717) is 107 Å². The lowest BCUT2D eigenvalue weighted by molar-refractivity contribution is 0.0785. The summed E-state index contributed by atoms with van der Waals surface area (Å²) in [5, 5.41) is 38.6. The molecule has 2 aliphatic rings. The normalized spacial score (nSPS) is 13.4. The number of nitrogen functional groups attached to an aromatic ring is 4. The minimum absolute atomic E-state index is 0.0183. The summed E-state index contributed by atoms with van der Waals surface area (Å²) in [6.07, 6.45) is 14.7. The molecule has 4 aromatic carbocycles. The number of hydrogen-bond acceptors (Lipinski definition) is 27. The SMILES string of the molecule is CCC(C)CNC(=O)c1ccc(Nc2nc(N)n(-c3ccccn3)n2)cc1.CN(C)CCN(C)C(=O)c1ccc(Nc2nc(N)n(-c3ccccn3)n2)cc1.CN1CCCC1CCNC(=O)c1ccc(Nc2nc(N)n(-c3ccccn3)n2)cc1.Nc1nc(Nc2ccc(C(=O)NCCCN3CCCC3)cc2)nn1-c1ccccn1. The van der Waals surface area contributed by atoms with Crippen molar-refractivity contribution < 1.29 is 19.2 Å². The molecule has 0 spiro atoms. The third-order valence-corrected chi connectivity index (χ3v) is 18.7. The molecule has 4 amide bonds. The monoisotopic (exact) mass is 1560 g/mol. The molecular weight excluding hydrogens is 1460 g/mol. The first-order valence-corrected chi connectivity index (χ1v) is 38.0. The van der Waals surface area contributed by atoms with Crippen LogP contribution in [0.25, 0.3) is 23.3 Å². The Morgan fingerprint density at radius 3 is 1.14 bits per heavy atom. The van der Waals surface area contributed by atoms with Crippen molar-refractivity contribution >= 4 is 94.0 Å². The van der Waals surface area contributed by atoms with Crippen LogP contribution in [0.4, 0.5) is 70.3 Å². The number of carbonyl (C=O) groups excluding carboxylic acids is 4. The number of anilines is 12. The van der Waals surface area contributed by atoms with E-state index in [1.807, 2.05) is 104 Å². The summed E-state index contributed by atoms with van der Waals surface area (Å²) in [6.45, 7) is 12.3. The Morgan fingerprint density at radius 1 is 0.452 bits per heavy atom. The molecule has 12 aromatic rings. The first-order chi connectivity index (χ1) is 55.8. The summed E-state index contributed by atoms with van der Waals surface area (Å²) >= 11 is 0. The van der Waals surface area contributed by atoms with Crippen molar-refractivity contribution in [2.45, 2.75) is 64.8 Å². The molecule has 14 rings (SSSR count). The zero-order valence-electron chi connectivity index (χ0n) is 65.3. The van der Waals surface area contributed by atoms with Gasteiger partial charge in [-0.2, -0.15) is 38.7 Å². The molecule has 2 fully saturated rings. The lowest BCUT2D eigenvalue weighted by atomic mass is 10.1. The smallest absolute Gasteiger partial charge is 0.253 e. The van der Waals surface area contributed by atoms with Crippen molar-refractivity contribution in [3.05, 3.63) is 217 Å². The van der Waals surface area contributed by atoms with Crippen molar-refractivity contribution in [1.82, 2.24) is 115 Å². The Kier molecular flexibility index (Phi) is 29.2. The average molecular weight is 1560 g/mol. The van der Waals surface area contributed by atoms with Crippen molar-refractivity contribution in [1.29, 1.82) is 0 Å². The number of nitrogens with zero attached hydrogens (tertiary/aromatic N) is 20. The molecule has 0 radical (unpaired) electrons. The van der Waals surface area contributed by atoms with E-state index in [2.05, 4.69) is 128 Å². The number of rotatable bonds is 29. The molecule has 2 saturated heterocycles. The number of carbonyl (C=O) groups is 4. The molecule has 8 aromatic heterocycles. The maximum atomic E-state index is 12.5. The molecule has 35 nitrogen and oxygen atoms in total. The van der Waals surface area contributed by atoms with Crippen LogP contribution in [0.5, 0.6) is 0 Å². The van der Waals surface area contributed by atoms with Gasteiger partial charge in [-0.25, -0.2) is 19.9 Å². The highest BCUT2D eigenvalue weighted by Crippen LogP contribution is 2.24. The van der Waals surface area contributed by atoms with Gasteiger partial charge in [0, 0.05) is 116 Å². The minimum Gasteiger partial charge on any atom is -0.368 e. The number of pyridine rings is 4. The highest BCUT2D eigenvalue weighted by atomic mass is 16.2. The molecule has 115 heavy (non-hydrogen) atoms. The molecule has 0 bridgehead atoms. The maximum absolute atomic E-state index is 12.5. The van der Waals surface area contributed by atoms with E-state index in [0.717, 1.165) is 61.6 Å². The van der Waals surface area contributed by atoms with E-state index >= 15 is 0 Å². The molecule has 35 heteroatoms. The summed E-state index contributed by atoms with van der Waals surface area (Å²) in [5.41, 5.74) is 29.2. The Morgan fingerprint density at radius 2 is 0.809 bits per heavy atom. The largest absolute Gasteiger partial charge is 0.368 e.